The van der Waals surface area contributed by atoms with E-state index in [1.165, 1.54) is 41.3 Å². The van der Waals surface area contributed by atoms with Gasteiger partial charge < -0.3 is 19.7 Å². The van der Waals surface area contributed by atoms with Crippen LogP contribution >= 0.6 is 0 Å². The maximum absolute atomic E-state index is 13.9. The van der Waals surface area contributed by atoms with Gasteiger partial charge in [0.2, 0.25) is 0 Å². The lowest BCUT2D eigenvalue weighted by molar-refractivity contribution is -0.384. The summed E-state index contributed by atoms with van der Waals surface area (Å²) in [5.74, 6) is -0.370. The Balaban J connectivity index is 1.40. The van der Waals surface area contributed by atoms with Crippen LogP contribution in [0.2, 0.25) is 0 Å². The third-order valence-electron chi connectivity index (χ3n) is 7.58. The smallest absolute Gasteiger partial charge is 0.322 e. The first-order chi connectivity index (χ1) is 21.3. The molecule has 0 aromatic heterocycles. The molecule has 3 amide bonds. The minimum Gasteiger partial charge on any atom is -0.495 e. The molecule has 0 saturated carbocycles. The van der Waals surface area contributed by atoms with Crippen molar-refractivity contribution in [1.82, 2.24) is 14.8 Å². The second-order valence-corrected chi connectivity index (χ2v) is 10.4. The number of nitrogens with zero attached hydrogens (tertiary/aromatic N) is 5. The number of nitro benzene ring substituents is 1. The lowest BCUT2D eigenvalue weighted by atomic mass is 9.98. The van der Waals surface area contributed by atoms with Gasteiger partial charge in [-0.1, -0.05) is 24.3 Å². The van der Waals surface area contributed by atoms with Crippen LogP contribution in [0.3, 0.4) is 0 Å². The summed E-state index contributed by atoms with van der Waals surface area (Å²) in [6.45, 7) is 3.16. The number of carbonyl (C=O) groups is 2. The predicted molar refractivity (Wildman–Crippen MR) is 161 cm³/mol. The first-order valence-electron chi connectivity index (χ1n) is 14.2. The van der Waals surface area contributed by atoms with Crippen molar-refractivity contribution < 1.29 is 28.4 Å². The summed E-state index contributed by atoms with van der Waals surface area (Å²) in [5, 5.41) is 19.9. The van der Waals surface area contributed by atoms with Gasteiger partial charge in [0.25, 0.3) is 11.6 Å². The molecule has 0 radical (unpaired) electrons. The number of urea groups is 1. The summed E-state index contributed by atoms with van der Waals surface area (Å²) < 4.78 is 24.6. The summed E-state index contributed by atoms with van der Waals surface area (Å²) in [6.07, 6.45) is 0.302. The monoisotopic (exact) mass is 604 g/mol. The van der Waals surface area contributed by atoms with E-state index in [9.17, 15) is 24.1 Å². The van der Waals surface area contributed by atoms with Gasteiger partial charge in [-0.2, -0.15) is 5.10 Å². The van der Waals surface area contributed by atoms with Crippen molar-refractivity contribution in [3.8, 4) is 5.75 Å². The molecule has 44 heavy (non-hydrogen) atoms. The molecule has 0 unspecified atom stereocenters. The molecule has 3 aromatic rings. The van der Waals surface area contributed by atoms with Crippen LogP contribution in [0.4, 0.5) is 20.6 Å². The molecule has 2 heterocycles. The first-order valence-corrected chi connectivity index (χ1v) is 14.2. The van der Waals surface area contributed by atoms with Gasteiger partial charge in [-0.15, -0.1) is 0 Å². The van der Waals surface area contributed by atoms with Gasteiger partial charge >= 0.3 is 6.03 Å². The Morgan fingerprint density at radius 3 is 2.48 bits per heavy atom. The molecule has 1 atom stereocenters. The van der Waals surface area contributed by atoms with Crippen molar-refractivity contribution >= 4 is 29.0 Å². The van der Waals surface area contributed by atoms with Crippen LogP contribution in [-0.4, -0.2) is 90.4 Å². The number of anilines is 1. The van der Waals surface area contributed by atoms with E-state index in [0.29, 0.717) is 54.5 Å². The quantitative estimate of drug-likeness (QED) is 0.270. The maximum Gasteiger partial charge on any atom is 0.322 e. The number of morpholine rings is 1. The fourth-order valence-corrected chi connectivity index (χ4v) is 5.15. The number of rotatable bonds is 10. The number of benzene rings is 3. The number of ether oxygens (including phenoxy) is 2. The van der Waals surface area contributed by atoms with Gasteiger partial charge in [0.15, 0.2) is 0 Å². The molecule has 5 rings (SSSR count). The Labute approximate surface area is 253 Å². The number of hydrogen-bond acceptors (Lipinski definition) is 8. The molecule has 13 heteroatoms. The van der Waals surface area contributed by atoms with Crippen LogP contribution in [-0.2, 0) is 9.53 Å². The van der Waals surface area contributed by atoms with Gasteiger partial charge in [-0.25, -0.2) is 14.2 Å². The number of carbonyl (C=O) groups excluding carboxylic acids is 2. The molecule has 1 fully saturated rings. The van der Waals surface area contributed by atoms with Crippen molar-refractivity contribution in [2.45, 2.75) is 12.5 Å². The van der Waals surface area contributed by atoms with Gasteiger partial charge in [0.05, 0.1) is 42.7 Å². The highest BCUT2D eigenvalue weighted by Crippen LogP contribution is 2.33. The zero-order valence-corrected chi connectivity index (χ0v) is 24.2. The fraction of sp³-hybridized carbons (Fsp3) is 0.323. The summed E-state index contributed by atoms with van der Waals surface area (Å²) in [7, 11) is 1.51. The SMILES string of the molecule is COc1ccccc1NC(=O)N(CCN1CCOCC1)CC(=O)N1N=C(c2ccc([N+](=O)[O-])cc2)C[C@H]1c1ccc(F)cc1. The van der Waals surface area contributed by atoms with Crippen molar-refractivity contribution in [2.75, 3.05) is 58.4 Å². The molecule has 1 N–H and O–H groups in total. The average molecular weight is 605 g/mol. The van der Waals surface area contributed by atoms with E-state index >= 15 is 0 Å². The van der Waals surface area contributed by atoms with Crippen LogP contribution in [0.1, 0.15) is 23.6 Å². The lowest BCUT2D eigenvalue weighted by Crippen LogP contribution is -2.47. The summed E-state index contributed by atoms with van der Waals surface area (Å²) >= 11 is 0. The van der Waals surface area contributed by atoms with Crippen molar-refractivity contribution in [3.63, 3.8) is 0 Å². The van der Waals surface area contributed by atoms with Crippen molar-refractivity contribution in [2.24, 2.45) is 5.10 Å². The minimum absolute atomic E-state index is 0.0627. The normalized spacial score (nSPS) is 16.7. The van der Waals surface area contributed by atoms with Crippen LogP contribution in [0, 0.1) is 15.9 Å². The second-order valence-electron chi connectivity index (χ2n) is 10.4. The Morgan fingerprint density at radius 2 is 1.80 bits per heavy atom. The summed E-state index contributed by atoms with van der Waals surface area (Å²) in [6, 6.07) is 17.7. The van der Waals surface area contributed by atoms with E-state index in [1.807, 2.05) is 0 Å². The number of para-hydroxylation sites is 2. The average Bonchev–Trinajstić information content (AvgIpc) is 3.50. The number of halogens is 1. The van der Waals surface area contributed by atoms with E-state index in [2.05, 4.69) is 15.3 Å². The molecule has 230 valence electrons. The number of hydrazone groups is 1. The van der Waals surface area contributed by atoms with Crippen molar-refractivity contribution in [1.29, 1.82) is 0 Å². The molecule has 3 aromatic carbocycles. The summed E-state index contributed by atoms with van der Waals surface area (Å²) in [4.78, 5) is 41.8. The Bertz CT molecular complexity index is 1510. The highest BCUT2D eigenvalue weighted by Gasteiger charge is 2.35. The molecule has 0 aliphatic carbocycles. The Kier molecular flexibility index (Phi) is 9.77. The number of non-ortho nitro benzene ring substituents is 1. The molecule has 2 aliphatic rings. The van der Waals surface area contributed by atoms with E-state index < -0.39 is 28.7 Å². The molecular formula is C31H33FN6O6. The number of amides is 3. The summed E-state index contributed by atoms with van der Waals surface area (Å²) in [5.41, 5.74) is 2.23. The van der Waals surface area contributed by atoms with Crippen molar-refractivity contribution in [3.05, 3.63) is 99.9 Å². The van der Waals surface area contributed by atoms with Gasteiger partial charge in [0.1, 0.15) is 18.1 Å². The van der Waals surface area contributed by atoms with Gasteiger partial charge in [-0.05, 0) is 47.5 Å². The Hall–Kier alpha value is -4.88. The molecule has 0 bridgehead atoms. The zero-order chi connectivity index (χ0) is 31.1. The largest absolute Gasteiger partial charge is 0.495 e. The van der Waals surface area contributed by atoms with Crippen LogP contribution in [0.5, 0.6) is 5.75 Å². The predicted octanol–water partition coefficient (Wildman–Crippen LogP) is 4.29. The van der Waals surface area contributed by atoms with Crippen LogP contribution < -0.4 is 10.1 Å². The Morgan fingerprint density at radius 1 is 1.09 bits per heavy atom. The second kappa shape index (κ2) is 14.1. The van der Waals surface area contributed by atoms with E-state index in [4.69, 9.17) is 9.47 Å². The van der Waals surface area contributed by atoms with E-state index in [0.717, 1.165) is 13.1 Å². The molecule has 1 saturated heterocycles. The molecular weight excluding hydrogens is 571 g/mol. The number of methoxy groups -OCH3 is 1. The minimum atomic E-state index is -0.563. The van der Waals surface area contributed by atoms with Gasteiger partial charge in [-0.3, -0.25) is 19.8 Å². The van der Waals surface area contributed by atoms with Gasteiger partial charge in [0, 0.05) is 44.7 Å². The number of nitrogens with one attached hydrogen (secondary N) is 1. The van der Waals surface area contributed by atoms with E-state index in [1.54, 1.807) is 48.5 Å². The lowest BCUT2D eigenvalue weighted by Gasteiger charge is -2.31. The fourth-order valence-electron chi connectivity index (χ4n) is 5.15. The third-order valence-corrected chi connectivity index (χ3v) is 7.58. The number of nitro groups is 1. The molecule has 2 aliphatic heterocycles. The highest BCUT2D eigenvalue weighted by molar-refractivity contribution is 6.03. The zero-order valence-electron chi connectivity index (χ0n) is 24.2. The highest BCUT2D eigenvalue weighted by atomic mass is 19.1. The standard InChI is InChI=1S/C31H33FN6O6/c1-43-29-5-3-2-4-26(29)33-31(40)36(15-14-35-16-18-44-19-17-35)21-30(39)37-28(23-6-10-24(32)11-7-23)20-27(34-37)22-8-12-25(13-9-22)38(41)42/h2-13,28H,14-21H2,1H3,(H,33,40)/t28-/m0/s1. The topological polar surface area (TPSA) is 130 Å². The molecule has 0 spiro atoms. The van der Waals surface area contributed by atoms with Crippen LogP contribution in [0.15, 0.2) is 77.9 Å². The maximum atomic E-state index is 13.9. The number of hydrogen-bond donors (Lipinski definition) is 1. The first kappa shape index (κ1) is 30.6. The molecule has 12 nitrogen and oxygen atoms in total. The third kappa shape index (κ3) is 7.36. The van der Waals surface area contributed by atoms with E-state index in [-0.39, 0.29) is 18.8 Å². The van der Waals surface area contributed by atoms with Crippen LogP contribution in [0.25, 0.3) is 0 Å².